The van der Waals surface area contributed by atoms with E-state index in [9.17, 15) is 4.79 Å². The van der Waals surface area contributed by atoms with Crippen LogP contribution < -0.4 is 5.46 Å². The molecule has 1 aromatic rings. The molecule has 0 spiro atoms. The lowest BCUT2D eigenvalue weighted by atomic mass is 9.72. The van der Waals surface area contributed by atoms with E-state index in [-0.39, 0.29) is 5.78 Å². The number of ketones is 1. The Kier molecular flexibility index (Phi) is 4.50. The zero-order valence-electron chi connectivity index (χ0n) is 14.1. The summed E-state index contributed by atoms with van der Waals surface area (Å²) in [5.41, 5.74) is 1.31. The molecule has 1 aliphatic rings. The molecule has 0 aromatic heterocycles. The smallest absolute Gasteiger partial charge is 0.496 e. The molecule has 0 aliphatic carbocycles. The number of ether oxygens (including phenoxy) is 1. The second-order valence-corrected chi connectivity index (χ2v) is 6.49. The van der Waals surface area contributed by atoms with Gasteiger partial charge in [-0.25, -0.2) is 0 Å². The molecular formula is C17H23BO4. The summed E-state index contributed by atoms with van der Waals surface area (Å²) in [6.07, 6.45) is 3.39. The molecule has 118 valence electrons. The van der Waals surface area contributed by atoms with Gasteiger partial charge in [0, 0.05) is 11.0 Å². The van der Waals surface area contributed by atoms with Gasteiger partial charge in [-0.3, -0.25) is 4.79 Å². The maximum Gasteiger partial charge on any atom is 0.496 e. The lowest BCUT2D eigenvalue weighted by Gasteiger charge is -2.32. The molecule has 0 saturated carbocycles. The van der Waals surface area contributed by atoms with Crippen molar-refractivity contribution in [2.75, 3.05) is 7.11 Å². The van der Waals surface area contributed by atoms with Gasteiger partial charge in [-0.2, -0.15) is 0 Å². The van der Waals surface area contributed by atoms with Gasteiger partial charge in [0.05, 0.1) is 24.6 Å². The van der Waals surface area contributed by atoms with E-state index in [0.29, 0.717) is 5.56 Å². The Morgan fingerprint density at radius 1 is 1.18 bits per heavy atom. The molecule has 5 heteroatoms. The van der Waals surface area contributed by atoms with Crippen LogP contribution in [0.3, 0.4) is 0 Å². The van der Waals surface area contributed by atoms with Gasteiger partial charge in [-0.05, 0) is 46.3 Å². The van der Waals surface area contributed by atoms with Crippen molar-refractivity contribution >= 4 is 24.4 Å². The second-order valence-electron chi connectivity index (χ2n) is 6.49. The van der Waals surface area contributed by atoms with Crippen molar-refractivity contribution < 1.29 is 18.8 Å². The molecule has 0 amide bonds. The van der Waals surface area contributed by atoms with Crippen molar-refractivity contribution in [1.82, 2.24) is 0 Å². The van der Waals surface area contributed by atoms with Crippen LogP contribution in [0.4, 0.5) is 0 Å². The summed E-state index contributed by atoms with van der Waals surface area (Å²) in [7, 11) is 1.00. The van der Waals surface area contributed by atoms with E-state index in [1.165, 1.54) is 0 Å². The van der Waals surface area contributed by atoms with Gasteiger partial charge in [0.2, 0.25) is 0 Å². The minimum atomic E-state index is -0.582. The molecule has 22 heavy (non-hydrogen) atoms. The normalized spacial score (nSPS) is 19.6. The summed E-state index contributed by atoms with van der Waals surface area (Å²) in [6.45, 7) is 9.53. The van der Waals surface area contributed by atoms with Crippen LogP contribution in [-0.4, -0.2) is 31.2 Å². The molecule has 0 bridgehead atoms. The van der Waals surface area contributed by atoms with Crippen molar-refractivity contribution in [2.45, 2.75) is 45.8 Å². The van der Waals surface area contributed by atoms with Crippen LogP contribution in [0.1, 0.15) is 50.5 Å². The lowest BCUT2D eigenvalue weighted by Crippen LogP contribution is -2.41. The number of hydrogen-bond acceptors (Lipinski definition) is 4. The zero-order valence-corrected chi connectivity index (χ0v) is 14.1. The van der Waals surface area contributed by atoms with E-state index in [0.717, 1.165) is 11.0 Å². The highest BCUT2D eigenvalue weighted by Gasteiger charge is 2.52. The first-order chi connectivity index (χ1) is 10.2. The number of methoxy groups -OCH3 is 1. The number of benzene rings is 1. The van der Waals surface area contributed by atoms with Gasteiger partial charge in [0.25, 0.3) is 0 Å². The minimum absolute atomic E-state index is 0.0163. The van der Waals surface area contributed by atoms with Crippen molar-refractivity contribution in [3.05, 3.63) is 35.6 Å². The average molecular weight is 302 g/mol. The molecule has 1 fully saturated rings. The Labute approximate surface area is 132 Å². The first kappa shape index (κ1) is 16.8. The van der Waals surface area contributed by atoms with Gasteiger partial charge >= 0.3 is 7.12 Å². The molecule has 4 nitrogen and oxygen atoms in total. The van der Waals surface area contributed by atoms with Crippen LogP contribution in [0.15, 0.2) is 24.5 Å². The molecular weight excluding hydrogens is 279 g/mol. The van der Waals surface area contributed by atoms with E-state index in [1.807, 2.05) is 45.9 Å². The van der Waals surface area contributed by atoms with Crippen molar-refractivity contribution in [3.8, 4) is 0 Å². The highest BCUT2D eigenvalue weighted by Crippen LogP contribution is 2.37. The van der Waals surface area contributed by atoms with Crippen LogP contribution >= 0.6 is 0 Å². The van der Waals surface area contributed by atoms with Crippen LogP contribution in [0.5, 0.6) is 0 Å². The molecule has 1 saturated heterocycles. The van der Waals surface area contributed by atoms with Crippen LogP contribution in [0.25, 0.3) is 6.08 Å². The van der Waals surface area contributed by atoms with Gasteiger partial charge in [-0.15, -0.1) is 0 Å². The van der Waals surface area contributed by atoms with Gasteiger partial charge in [0.15, 0.2) is 5.78 Å². The number of hydrogen-bond donors (Lipinski definition) is 0. The van der Waals surface area contributed by atoms with E-state index in [1.54, 1.807) is 26.4 Å². The highest BCUT2D eigenvalue weighted by atomic mass is 16.7. The lowest BCUT2D eigenvalue weighted by molar-refractivity contribution is 0.00578. The molecule has 0 radical (unpaired) electrons. The van der Waals surface area contributed by atoms with E-state index < -0.39 is 18.3 Å². The number of rotatable bonds is 4. The Hall–Kier alpha value is -1.59. The molecule has 1 aromatic carbocycles. The molecule has 2 rings (SSSR count). The van der Waals surface area contributed by atoms with Crippen LogP contribution in [0.2, 0.25) is 0 Å². The third kappa shape index (κ3) is 2.96. The summed E-state index contributed by atoms with van der Waals surface area (Å²) in [6, 6.07) is 5.57. The molecule has 0 N–H and O–H groups in total. The first-order valence-electron chi connectivity index (χ1n) is 7.38. The fraction of sp³-hybridized carbons (Fsp3) is 0.471. The fourth-order valence-corrected chi connectivity index (χ4v) is 2.40. The summed E-state index contributed by atoms with van der Waals surface area (Å²) in [5.74, 6) is -0.0163. The Morgan fingerprint density at radius 2 is 1.77 bits per heavy atom. The molecule has 0 unspecified atom stereocenters. The largest absolute Gasteiger partial charge is 0.504 e. The number of carbonyl (C=O) groups is 1. The molecule has 0 atom stereocenters. The third-order valence-electron chi connectivity index (χ3n) is 4.39. The highest BCUT2D eigenvalue weighted by molar-refractivity contribution is 6.64. The monoisotopic (exact) mass is 302 g/mol. The topological polar surface area (TPSA) is 44.8 Å². The summed E-state index contributed by atoms with van der Waals surface area (Å²) in [5, 5.41) is 0. The quantitative estimate of drug-likeness (QED) is 0.487. The predicted octanol–water partition coefficient (Wildman–Crippen LogP) is 2.81. The van der Waals surface area contributed by atoms with Gasteiger partial charge in [-0.1, -0.05) is 18.2 Å². The van der Waals surface area contributed by atoms with Crippen molar-refractivity contribution in [2.24, 2.45) is 0 Å². The average Bonchev–Trinajstić information content (AvgIpc) is 2.64. The SMILES string of the molecule is COC=Cc1cccc(C(C)=O)c1B1OC(C)(C)C(C)(C)O1. The number of carbonyl (C=O) groups excluding carboxylic acids is 1. The van der Waals surface area contributed by atoms with Gasteiger partial charge in [0.1, 0.15) is 0 Å². The number of Topliss-reactive ketones (excluding diaryl/α,β-unsaturated/α-hetero) is 1. The maximum atomic E-state index is 12.0. The first-order valence-corrected chi connectivity index (χ1v) is 7.38. The summed E-state index contributed by atoms with van der Waals surface area (Å²) < 4.78 is 17.2. The van der Waals surface area contributed by atoms with Crippen LogP contribution in [-0.2, 0) is 14.0 Å². The zero-order chi connectivity index (χ0) is 16.5. The van der Waals surface area contributed by atoms with E-state index in [4.69, 9.17) is 14.0 Å². The van der Waals surface area contributed by atoms with E-state index in [2.05, 4.69) is 0 Å². The Balaban J connectivity index is 2.54. The van der Waals surface area contributed by atoms with Crippen molar-refractivity contribution in [3.63, 3.8) is 0 Å². The fourth-order valence-electron chi connectivity index (χ4n) is 2.40. The summed E-state index contributed by atoms with van der Waals surface area (Å²) >= 11 is 0. The minimum Gasteiger partial charge on any atom is -0.504 e. The second kappa shape index (κ2) is 5.90. The van der Waals surface area contributed by atoms with Crippen LogP contribution in [0, 0.1) is 0 Å². The van der Waals surface area contributed by atoms with Crippen molar-refractivity contribution in [1.29, 1.82) is 0 Å². The standard InChI is InChI=1S/C17H23BO4/c1-12(19)14-9-7-8-13(10-11-20-6)15(14)18-21-16(2,3)17(4,5)22-18/h7-11H,1-6H3. The predicted molar refractivity (Wildman–Crippen MR) is 88.2 cm³/mol. The third-order valence-corrected chi connectivity index (χ3v) is 4.39. The maximum absolute atomic E-state index is 12.0. The Bertz CT molecular complexity index is 589. The molecule has 1 aliphatic heterocycles. The Morgan fingerprint density at radius 3 is 2.27 bits per heavy atom. The molecule has 1 heterocycles. The van der Waals surface area contributed by atoms with Gasteiger partial charge < -0.3 is 14.0 Å². The van der Waals surface area contributed by atoms with E-state index >= 15 is 0 Å². The summed E-state index contributed by atoms with van der Waals surface area (Å²) in [4.78, 5) is 12.0.